The molecule has 1 aliphatic heterocycles. The van der Waals surface area contributed by atoms with E-state index >= 15 is 0 Å². The van der Waals surface area contributed by atoms with Gasteiger partial charge in [0.05, 0.1) is 17.9 Å². The Kier molecular flexibility index (Phi) is 2.86. The van der Waals surface area contributed by atoms with E-state index in [1.165, 1.54) is 32.1 Å². The zero-order valence-electron chi connectivity index (χ0n) is 9.56. The minimum atomic E-state index is 0.313. The molecule has 0 spiro atoms. The van der Waals surface area contributed by atoms with Crippen molar-refractivity contribution in [2.45, 2.75) is 44.2 Å². The van der Waals surface area contributed by atoms with Gasteiger partial charge < -0.3 is 15.3 Å². The predicted molar refractivity (Wildman–Crippen MR) is 60.8 cm³/mol. The fourth-order valence-electron chi connectivity index (χ4n) is 3.56. The molecule has 3 rings (SSSR count). The first-order valence-corrected chi connectivity index (χ1v) is 6.45. The predicted octanol–water partition coefficient (Wildman–Crippen LogP) is 1.38. The fraction of sp³-hybridized carbons (Fsp3) is 0.917. The second kappa shape index (κ2) is 4.34. The van der Waals surface area contributed by atoms with E-state index in [1.54, 1.807) is 0 Å². The molecule has 2 bridgehead atoms. The van der Waals surface area contributed by atoms with Gasteiger partial charge in [-0.3, -0.25) is 0 Å². The van der Waals surface area contributed by atoms with Gasteiger partial charge in [0.15, 0.2) is 0 Å². The lowest BCUT2D eigenvalue weighted by molar-refractivity contribution is 0.107. The van der Waals surface area contributed by atoms with Crippen molar-refractivity contribution < 1.29 is 9.94 Å². The topological polar surface area (TPSA) is 53.9 Å². The molecule has 2 N–H and O–H groups in total. The molecule has 3 fully saturated rings. The van der Waals surface area contributed by atoms with Crippen molar-refractivity contribution in [2.24, 2.45) is 17.0 Å². The normalized spacial score (nSPS) is 44.6. The quantitative estimate of drug-likeness (QED) is 0.562. The van der Waals surface area contributed by atoms with Crippen LogP contribution in [-0.4, -0.2) is 36.2 Å². The van der Waals surface area contributed by atoms with E-state index in [0.29, 0.717) is 24.0 Å². The molecule has 0 aromatic heterocycles. The summed E-state index contributed by atoms with van der Waals surface area (Å²) in [5.41, 5.74) is 0.995. The molecular formula is C12H20N2O2. The zero-order valence-corrected chi connectivity index (χ0v) is 9.56. The van der Waals surface area contributed by atoms with Gasteiger partial charge in [0.1, 0.15) is 0 Å². The number of rotatable bonds is 3. The standard InChI is InChI=1S/C12H20N2O2/c15-14-12-9-4-3-8(6-9)11(12)13-7-10-2-1-5-16-10/h8-11,13,15H,1-7H2/b14-12+/t8-,9-,10-,11-/m0/s1. The van der Waals surface area contributed by atoms with Crippen molar-refractivity contribution in [3.63, 3.8) is 0 Å². The Balaban J connectivity index is 1.57. The second-order valence-corrected chi connectivity index (χ2v) is 5.32. The second-order valence-electron chi connectivity index (χ2n) is 5.32. The van der Waals surface area contributed by atoms with E-state index in [2.05, 4.69) is 10.5 Å². The fourth-order valence-corrected chi connectivity index (χ4v) is 3.56. The molecule has 2 saturated carbocycles. The summed E-state index contributed by atoms with van der Waals surface area (Å²) in [5.74, 6) is 1.23. The molecule has 90 valence electrons. The third-order valence-corrected chi connectivity index (χ3v) is 4.39. The maximum atomic E-state index is 9.07. The van der Waals surface area contributed by atoms with Crippen molar-refractivity contribution in [1.82, 2.24) is 5.32 Å². The number of hydrogen-bond acceptors (Lipinski definition) is 4. The van der Waals surface area contributed by atoms with Gasteiger partial charge in [-0.25, -0.2) is 0 Å². The van der Waals surface area contributed by atoms with E-state index in [9.17, 15) is 0 Å². The zero-order chi connectivity index (χ0) is 11.0. The third-order valence-electron chi connectivity index (χ3n) is 4.39. The van der Waals surface area contributed by atoms with E-state index < -0.39 is 0 Å². The van der Waals surface area contributed by atoms with Crippen LogP contribution in [0.2, 0.25) is 0 Å². The lowest BCUT2D eigenvalue weighted by Crippen LogP contribution is -2.44. The largest absolute Gasteiger partial charge is 0.411 e. The highest BCUT2D eigenvalue weighted by Gasteiger charge is 2.45. The molecule has 0 unspecified atom stereocenters. The monoisotopic (exact) mass is 224 g/mol. The molecule has 1 saturated heterocycles. The summed E-state index contributed by atoms with van der Waals surface area (Å²) in [6.07, 6.45) is 6.43. The number of oxime groups is 1. The van der Waals surface area contributed by atoms with Crippen molar-refractivity contribution in [1.29, 1.82) is 0 Å². The van der Waals surface area contributed by atoms with E-state index in [0.717, 1.165) is 18.9 Å². The van der Waals surface area contributed by atoms with Crippen LogP contribution in [0.4, 0.5) is 0 Å². The summed E-state index contributed by atoms with van der Waals surface area (Å²) in [6, 6.07) is 0.313. The minimum Gasteiger partial charge on any atom is -0.411 e. The number of ether oxygens (including phenoxy) is 1. The van der Waals surface area contributed by atoms with Crippen LogP contribution in [0.1, 0.15) is 32.1 Å². The van der Waals surface area contributed by atoms with Crippen LogP contribution in [0, 0.1) is 11.8 Å². The highest BCUT2D eigenvalue weighted by molar-refractivity contribution is 5.94. The number of nitrogens with one attached hydrogen (secondary N) is 1. The minimum absolute atomic E-state index is 0.313. The molecule has 0 aromatic rings. The molecule has 0 amide bonds. The van der Waals surface area contributed by atoms with Gasteiger partial charge in [-0.2, -0.15) is 0 Å². The molecule has 16 heavy (non-hydrogen) atoms. The molecule has 2 aliphatic carbocycles. The van der Waals surface area contributed by atoms with E-state index in [-0.39, 0.29) is 0 Å². The number of fused-ring (bicyclic) bond motifs is 2. The van der Waals surface area contributed by atoms with Gasteiger partial charge in [0, 0.05) is 19.1 Å². The lowest BCUT2D eigenvalue weighted by Gasteiger charge is -2.25. The Morgan fingerprint density at radius 3 is 3.06 bits per heavy atom. The van der Waals surface area contributed by atoms with Crippen LogP contribution in [0.25, 0.3) is 0 Å². The van der Waals surface area contributed by atoms with E-state index in [4.69, 9.17) is 9.94 Å². The van der Waals surface area contributed by atoms with Crippen LogP contribution in [-0.2, 0) is 4.74 Å². The Morgan fingerprint density at radius 1 is 1.38 bits per heavy atom. The molecule has 4 heteroatoms. The van der Waals surface area contributed by atoms with Crippen LogP contribution in [0.15, 0.2) is 5.16 Å². The van der Waals surface area contributed by atoms with Gasteiger partial charge in [-0.05, 0) is 38.0 Å². The summed E-state index contributed by atoms with van der Waals surface area (Å²) < 4.78 is 5.60. The van der Waals surface area contributed by atoms with Crippen LogP contribution in [0.3, 0.4) is 0 Å². The average molecular weight is 224 g/mol. The summed E-state index contributed by atoms with van der Waals surface area (Å²) in [6.45, 7) is 1.82. The average Bonchev–Trinajstić information content (AvgIpc) is 3.01. The Morgan fingerprint density at radius 2 is 2.31 bits per heavy atom. The molecular weight excluding hydrogens is 204 g/mol. The maximum Gasteiger partial charge on any atom is 0.0773 e. The SMILES string of the molecule is O/N=C1\[C@H]2CC[C@@H](C2)[C@@H]1NC[C@@H]1CCCO1. The highest BCUT2D eigenvalue weighted by atomic mass is 16.5. The molecule has 3 aliphatic rings. The summed E-state index contributed by atoms with van der Waals surface area (Å²) in [7, 11) is 0. The summed E-state index contributed by atoms with van der Waals surface area (Å²) in [5, 5.41) is 16.1. The molecule has 4 nitrogen and oxygen atoms in total. The van der Waals surface area contributed by atoms with Crippen LogP contribution < -0.4 is 5.32 Å². The van der Waals surface area contributed by atoms with Crippen LogP contribution in [0.5, 0.6) is 0 Å². The summed E-state index contributed by atoms with van der Waals surface area (Å²) >= 11 is 0. The molecule has 0 aromatic carbocycles. The number of nitrogens with zero attached hydrogens (tertiary/aromatic N) is 1. The lowest BCUT2D eigenvalue weighted by atomic mass is 9.93. The van der Waals surface area contributed by atoms with Gasteiger partial charge >= 0.3 is 0 Å². The molecule has 4 atom stereocenters. The highest BCUT2D eigenvalue weighted by Crippen LogP contribution is 2.42. The first-order chi connectivity index (χ1) is 7.88. The van der Waals surface area contributed by atoms with Crippen molar-refractivity contribution in [3.05, 3.63) is 0 Å². The van der Waals surface area contributed by atoms with Gasteiger partial charge in [0.2, 0.25) is 0 Å². The Hall–Kier alpha value is -0.610. The van der Waals surface area contributed by atoms with Gasteiger partial charge in [0.25, 0.3) is 0 Å². The smallest absolute Gasteiger partial charge is 0.0773 e. The van der Waals surface area contributed by atoms with Gasteiger partial charge in [-0.15, -0.1) is 0 Å². The Labute approximate surface area is 96.0 Å². The third kappa shape index (κ3) is 1.74. The van der Waals surface area contributed by atoms with E-state index in [1.807, 2.05) is 0 Å². The van der Waals surface area contributed by atoms with Crippen LogP contribution >= 0.6 is 0 Å². The summed E-state index contributed by atoms with van der Waals surface area (Å²) in [4.78, 5) is 0. The molecule has 1 heterocycles. The van der Waals surface area contributed by atoms with Crippen molar-refractivity contribution >= 4 is 5.71 Å². The van der Waals surface area contributed by atoms with Crippen molar-refractivity contribution in [3.8, 4) is 0 Å². The molecule has 0 radical (unpaired) electrons. The van der Waals surface area contributed by atoms with Crippen molar-refractivity contribution in [2.75, 3.05) is 13.2 Å². The Bertz CT molecular complexity index is 287. The first-order valence-electron chi connectivity index (χ1n) is 6.45. The van der Waals surface area contributed by atoms with Gasteiger partial charge in [-0.1, -0.05) is 5.16 Å². The number of hydrogen-bond donors (Lipinski definition) is 2. The maximum absolute atomic E-state index is 9.07. The first kappa shape index (κ1) is 10.5.